The van der Waals surface area contributed by atoms with Crippen molar-refractivity contribution >= 4 is 17.7 Å². The minimum atomic E-state index is -0.846. The summed E-state index contributed by atoms with van der Waals surface area (Å²) in [5.41, 5.74) is 2.30. The van der Waals surface area contributed by atoms with Gasteiger partial charge in [-0.3, -0.25) is 4.79 Å². The van der Waals surface area contributed by atoms with Crippen LogP contribution in [0.2, 0.25) is 0 Å². The number of aromatic nitrogens is 1. The normalized spacial score (nSPS) is 14.7. The van der Waals surface area contributed by atoms with Gasteiger partial charge < -0.3 is 19.4 Å². The summed E-state index contributed by atoms with van der Waals surface area (Å²) in [4.78, 5) is 24.7. The van der Waals surface area contributed by atoms with Crippen LogP contribution in [0.4, 0.5) is 5.82 Å². The maximum atomic E-state index is 12.5. The highest BCUT2D eigenvalue weighted by Crippen LogP contribution is 2.37. The topological polar surface area (TPSA) is 93.3 Å². The molecule has 1 saturated carbocycles. The first-order valence-corrected chi connectivity index (χ1v) is 10.2. The van der Waals surface area contributed by atoms with Crippen molar-refractivity contribution in [1.29, 1.82) is 5.26 Å². The monoisotopic (exact) mass is 409 g/mol. The van der Waals surface area contributed by atoms with Gasteiger partial charge in [0.15, 0.2) is 12.7 Å². The number of para-hydroxylation sites is 1. The Labute approximate surface area is 176 Å². The van der Waals surface area contributed by atoms with E-state index in [0.717, 1.165) is 36.9 Å². The van der Waals surface area contributed by atoms with Gasteiger partial charge in [-0.25, -0.2) is 4.79 Å². The molecule has 1 aromatic heterocycles. The van der Waals surface area contributed by atoms with Crippen LogP contribution in [0, 0.1) is 25.2 Å². The summed E-state index contributed by atoms with van der Waals surface area (Å²) in [5.74, 6) is -0.0732. The lowest BCUT2D eigenvalue weighted by atomic mass is 10.2. The van der Waals surface area contributed by atoms with Crippen molar-refractivity contribution in [3.8, 4) is 11.8 Å². The average molecular weight is 409 g/mol. The summed E-state index contributed by atoms with van der Waals surface area (Å²) in [7, 11) is 0. The second-order valence-electron chi connectivity index (χ2n) is 7.58. The molecule has 0 aliphatic heterocycles. The van der Waals surface area contributed by atoms with Crippen LogP contribution in [0.15, 0.2) is 30.3 Å². The largest absolute Gasteiger partial charge is 0.479 e. The SMILES string of the molecule is Cc1c(C#N)c(NC(=O)COC(=O)[C@@H](C)Oc2ccccc2)n(C2CCCC2)c1C. The van der Waals surface area contributed by atoms with E-state index in [1.165, 1.54) is 0 Å². The minimum absolute atomic E-state index is 0.267. The maximum absolute atomic E-state index is 12.5. The molecule has 1 aromatic carbocycles. The Morgan fingerprint density at radius 3 is 2.53 bits per heavy atom. The summed E-state index contributed by atoms with van der Waals surface area (Å²) < 4.78 is 12.7. The van der Waals surface area contributed by atoms with Gasteiger partial charge >= 0.3 is 5.97 Å². The fourth-order valence-electron chi connectivity index (χ4n) is 3.88. The summed E-state index contributed by atoms with van der Waals surface area (Å²) in [5, 5.41) is 12.4. The fourth-order valence-corrected chi connectivity index (χ4v) is 3.88. The molecule has 158 valence electrons. The Morgan fingerprint density at radius 2 is 1.90 bits per heavy atom. The van der Waals surface area contributed by atoms with Gasteiger partial charge in [0, 0.05) is 11.7 Å². The molecule has 2 aromatic rings. The van der Waals surface area contributed by atoms with Crippen LogP contribution in [-0.4, -0.2) is 29.2 Å². The minimum Gasteiger partial charge on any atom is -0.479 e. The molecule has 1 aliphatic rings. The number of hydrogen-bond acceptors (Lipinski definition) is 5. The van der Waals surface area contributed by atoms with Crippen molar-refractivity contribution in [2.24, 2.45) is 0 Å². The number of nitrogens with one attached hydrogen (secondary N) is 1. The van der Waals surface area contributed by atoms with Crippen molar-refractivity contribution in [2.45, 2.75) is 58.6 Å². The molecule has 3 rings (SSSR count). The van der Waals surface area contributed by atoms with Gasteiger partial charge in [0.1, 0.15) is 17.6 Å². The molecule has 0 spiro atoms. The van der Waals surface area contributed by atoms with E-state index >= 15 is 0 Å². The maximum Gasteiger partial charge on any atom is 0.347 e. The van der Waals surface area contributed by atoms with Gasteiger partial charge in [0.05, 0.1) is 5.56 Å². The van der Waals surface area contributed by atoms with Gasteiger partial charge in [-0.1, -0.05) is 31.0 Å². The Kier molecular flexibility index (Phi) is 6.78. The van der Waals surface area contributed by atoms with Crippen LogP contribution in [0.3, 0.4) is 0 Å². The third-order valence-corrected chi connectivity index (χ3v) is 5.55. The first-order valence-electron chi connectivity index (χ1n) is 10.2. The third-order valence-electron chi connectivity index (χ3n) is 5.55. The Hall–Kier alpha value is -3.27. The fraction of sp³-hybridized carbons (Fsp3) is 0.435. The first kappa shape index (κ1) is 21.4. The zero-order valence-electron chi connectivity index (χ0n) is 17.6. The van der Waals surface area contributed by atoms with Gasteiger partial charge in [-0.05, 0) is 51.3 Å². The molecular formula is C23H27N3O4. The Balaban J connectivity index is 1.64. The number of carbonyl (C=O) groups excluding carboxylic acids is 2. The van der Waals surface area contributed by atoms with Crippen LogP contribution in [-0.2, 0) is 14.3 Å². The number of esters is 1. The summed E-state index contributed by atoms with van der Waals surface area (Å²) >= 11 is 0. The smallest absolute Gasteiger partial charge is 0.347 e. The zero-order chi connectivity index (χ0) is 21.7. The third kappa shape index (κ3) is 4.65. The van der Waals surface area contributed by atoms with E-state index in [4.69, 9.17) is 9.47 Å². The molecule has 0 saturated heterocycles. The molecule has 1 amide bonds. The summed E-state index contributed by atoms with van der Waals surface area (Å²) in [6, 6.07) is 11.4. The van der Waals surface area contributed by atoms with E-state index in [1.54, 1.807) is 31.2 Å². The molecule has 1 N–H and O–H groups in total. The average Bonchev–Trinajstić information content (AvgIpc) is 3.34. The molecule has 0 unspecified atom stereocenters. The molecule has 1 heterocycles. The van der Waals surface area contributed by atoms with Crippen molar-refractivity contribution in [3.63, 3.8) is 0 Å². The molecule has 30 heavy (non-hydrogen) atoms. The van der Waals surface area contributed by atoms with Crippen LogP contribution >= 0.6 is 0 Å². The standard InChI is InChI=1S/C23H27N3O4/c1-15-16(2)26(18-9-7-8-10-18)22(20(15)13-24)25-21(27)14-29-23(28)17(3)30-19-11-5-4-6-12-19/h4-6,11-12,17-18H,7-10,14H2,1-3H3,(H,25,27)/t17-/m1/s1. The zero-order valence-corrected chi connectivity index (χ0v) is 17.6. The lowest BCUT2D eigenvalue weighted by Crippen LogP contribution is -2.30. The predicted octanol–water partition coefficient (Wildman–Crippen LogP) is 4.04. The van der Waals surface area contributed by atoms with Crippen molar-refractivity contribution < 1.29 is 19.1 Å². The van der Waals surface area contributed by atoms with E-state index in [9.17, 15) is 14.9 Å². The quantitative estimate of drug-likeness (QED) is 0.697. The van der Waals surface area contributed by atoms with Gasteiger partial charge in [0.25, 0.3) is 5.91 Å². The van der Waals surface area contributed by atoms with E-state index in [1.807, 2.05) is 19.9 Å². The van der Waals surface area contributed by atoms with Gasteiger partial charge in [-0.2, -0.15) is 5.26 Å². The number of rotatable bonds is 7. The number of nitriles is 1. The molecule has 1 atom stereocenters. The van der Waals surface area contributed by atoms with Gasteiger partial charge in [0.2, 0.25) is 0 Å². The number of nitrogens with zero attached hydrogens (tertiary/aromatic N) is 2. The second kappa shape index (κ2) is 9.49. The molecule has 1 aliphatic carbocycles. The van der Waals surface area contributed by atoms with Crippen molar-refractivity contribution in [2.75, 3.05) is 11.9 Å². The molecular weight excluding hydrogens is 382 g/mol. The molecule has 7 nitrogen and oxygen atoms in total. The van der Waals surface area contributed by atoms with E-state index in [0.29, 0.717) is 17.1 Å². The summed E-state index contributed by atoms with van der Waals surface area (Å²) in [6.07, 6.45) is 3.46. The molecule has 7 heteroatoms. The van der Waals surface area contributed by atoms with Gasteiger partial charge in [-0.15, -0.1) is 0 Å². The number of amides is 1. The number of anilines is 1. The highest BCUT2D eigenvalue weighted by Gasteiger charge is 2.27. The van der Waals surface area contributed by atoms with Crippen LogP contribution in [0.5, 0.6) is 5.75 Å². The lowest BCUT2D eigenvalue weighted by molar-refractivity contribution is -0.153. The predicted molar refractivity (Wildman–Crippen MR) is 112 cm³/mol. The number of carbonyl (C=O) groups is 2. The van der Waals surface area contributed by atoms with Crippen LogP contribution in [0.1, 0.15) is 55.5 Å². The first-order chi connectivity index (χ1) is 14.4. The van der Waals surface area contributed by atoms with E-state index < -0.39 is 24.6 Å². The Morgan fingerprint density at radius 1 is 1.23 bits per heavy atom. The number of ether oxygens (including phenoxy) is 2. The molecule has 0 bridgehead atoms. The number of hydrogen-bond donors (Lipinski definition) is 1. The molecule has 1 fully saturated rings. The number of benzene rings is 1. The lowest BCUT2D eigenvalue weighted by Gasteiger charge is -2.19. The highest BCUT2D eigenvalue weighted by molar-refractivity contribution is 5.94. The van der Waals surface area contributed by atoms with E-state index in [-0.39, 0.29) is 6.04 Å². The summed E-state index contributed by atoms with van der Waals surface area (Å²) in [6.45, 7) is 4.98. The van der Waals surface area contributed by atoms with E-state index in [2.05, 4.69) is 16.0 Å². The van der Waals surface area contributed by atoms with Crippen LogP contribution < -0.4 is 10.1 Å². The Bertz CT molecular complexity index is 953. The molecule has 0 radical (unpaired) electrons. The van der Waals surface area contributed by atoms with Crippen molar-refractivity contribution in [1.82, 2.24) is 4.57 Å². The van der Waals surface area contributed by atoms with Crippen LogP contribution in [0.25, 0.3) is 0 Å². The highest BCUT2D eigenvalue weighted by atomic mass is 16.6. The van der Waals surface area contributed by atoms with Crippen molar-refractivity contribution in [3.05, 3.63) is 47.2 Å². The second-order valence-corrected chi connectivity index (χ2v) is 7.58.